The Kier molecular flexibility index (Phi) is 4.30. The van der Waals surface area contributed by atoms with Gasteiger partial charge in [0.25, 0.3) is 0 Å². The molecule has 1 fully saturated rings. The van der Waals surface area contributed by atoms with E-state index in [1.807, 2.05) is 6.92 Å². The Hall–Kier alpha value is -0.370. The van der Waals surface area contributed by atoms with Gasteiger partial charge in [-0.05, 0) is 32.1 Å². The van der Waals surface area contributed by atoms with Crippen LogP contribution >= 0.6 is 0 Å². The van der Waals surface area contributed by atoms with E-state index in [2.05, 4.69) is 0 Å². The highest BCUT2D eigenvalue weighted by Gasteiger charge is 2.20. The number of ether oxygens (including phenoxy) is 1. The van der Waals surface area contributed by atoms with Crippen LogP contribution in [0.15, 0.2) is 0 Å². The molecule has 1 aliphatic rings. The van der Waals surface area contributed by atoms with Crippen molar-refractivity contribution in [2.75, 3.05) is 13.2 Å². The summed E-state index contributed by atoms with van der Waals surface area (Å²) < 4.78 is 5.24. The smallest absolute Gasteiger partial charge is 0.133 e. The number of hydrogen-bond donors (Lipinski definition) is 0. The third-order valence-electron chi connectivity index (χ3n) is 2.45. The summed E-state index contributed by atoms with van der Waals surface area (Å²) in [7, 11) is 0. The molecule has 0 bridgehead atoms. The van der Waals surface area contributed by atoms with Gasteiger partial charge in [-0.2, -0.15) is 0 Å². The number of carbonyl (C=O) groups is 1. The first-order valence-corrected chi connectivity index (χ1v) is 4.92. The van der Waals surface area contributed by atoms with Crippen molar-refractivity contribution in [3.05, 3.63) is 0 Å². The van der Waals surface area contributed by atoms with Gasteiger partial charge >= 0.3 is 0 Å². The second-order valence-corrected chi connectivity index (χ2v) is 3.49. The molecule has 2 nitrogen and oxygen atoms in total. The Labute approximate surface area is 74.3 Å². The van der Waals surface area contributed by atoms with Gasteiger partial charge in [0.1, 0.15) is 5.78 Å². The molecule has 0 N–H and O–H groups in total. The summed E-state index contributed by atoms with van der Waals surface area (Å²) >= 11 is 0. The zero-order chi connectivity index (χ0) is 8.81. The van der Waals surface area contributed by atoms with E-state index >= 15 is 0 Å². The van der Waals surface area contributed by atoms with Crippen molar-refractivity contribution in [2.45, 2.75) is 39.0 Å². The zero-order valence-electron chi connectivity index (χ0n) is 7.84. The molecule has 0 aromatic rings. The lowest BCUT2D eigenvalue weighted by molar-refractivity contribution is -0.117. The van der Waals surface area contributed by atoms with E-state index in [0.717, 1.165) is 38.9 Å². The Morgan fingerprint density at radius 1 is 1.58 bits per heavy atom. The average Bonchev–Trinajstić information content (AvgIpc) is 2.45. The van der Waals surface area contributed by atoms with Crippen molar-refractivity contribution in [1.82, 2.24) is 0 Å². The Morgan fingerprint density at radius 3 is 3.00 bits per heavy atom. The highest BCUT2D eigenvalue weighted by Crippen LogP contribution is 2.25. The number of ketones is 1. The normalized spacial score (nSPS) is 23.4. The summed E-state index contributed by atoms with van der Waals surface area (Å²) in [5.74, 6) is 1.12. The van der Waals surface area contributed by atoms with Gasteiger partial charge in [-0.3, -0.25) is 4.79 Å². The summed E-state index contributed by atoms with van der Waals surface area (Å²) in [6, 6.07) is 0. The molecule has 1 atom stereocenters. The van der Waals surface area contributed by atoms with E-state index in [9.17, 15) is 4.79 Å². The van der Waals surface area contributed by atoms with Gasteiger partial charge in [0, 0.05) is 26.1 Å². The highest BCUT2D eigenvalue weighted by molar-refractivity contribution is 5.80. The second kappa shape index (κ2) is 5.31. The lowest BCUT2D eigenvalue weighted by atomic mass is 10.0. The fraction of sp³-hybridized carbons (Fsp3) is 0.900. The molecule has 0 heterocycles. The van der Waals surface area contributed by atoms with E-state index in [-0.39, 0.29) is 0 Å². The molecule has 0 spiro atoms. The van der Waals surface area contributed by atoms with Crippen LogP contribution in [0.25, 0.3) is 0 Å². The van der Waals surface area contributed by atoms with E-state index in [1.165, 1.54) is 6.42 Å². The molecule has 0 radical (unpaired) electrons. The van der Waals surface area contributed by atoms with Crippen molar-refractivity contribution in [1.29, 1.82) is 0 Å². The average molecular weight is 170 g/mol. The molecular formula is C10H18O2. The summed E-state index contributed by atoms with van der Waals surface area (Å²) in [6.45, 7) is 3.68. The van der Waals surface area contributed by atoms with E-state index in [1.54, 1.807) is 0 Å². The molecule has 0 aromatic heterocycles. The van der Waals surface area contributed by atoms with Crippen molar-refractivity contribution in [3.8, 4) is 0 Å². The van der Waals surface area contributed by atoms with Crippen LogP contribution in [0.3, 0.4) is 0 Å². The summed E-state index contributed by atoms with van der Waals surface area (Å²) in [4.78, 5) is 10.9. The van der Waals surface area contributed by atoms with Gasteiger partial charge in [-0.1, -0.05) is 0 Å². The first kappa shape index (κ1) is 9.72. The SMILES string of the molecule is CCOCCCC1CCC(=O)C1. The third-order valence-corrected chi connectivity index (χ3v) is 2.45. The van der Waals surface area contributed by atoms with Crippen LogP contribution in [-0.2, 0) is 9.53 Å². The van der Waals surface area contributed by atoms with Crippen LogP contribution in [0.1, 0.15) is 39.0 Å². The molecule has 70 valence electrons. The van der Waals surface area contributed by atoms with Crippen LogP contribution in [-0.4, -0.2) is 19.0 Å². The molecule has 1 rings (SSSR count). The molecule has 0 amide bonds. The monoisotopic (exact) mass is 170 g/mol. The Balaban J connectivity index is 1.97. The molecule has 0 aromatic carbocycles. The lowest BCUT2D eigenvalue weighted by Crippen LogP contribution is -1.99. The van der Waals surface area contributed by atoms with Crippen LogP contribution in [0.5, 0.6) is 0 Å². The summed E-state index contributed by atoms with van der Waals surface area (Å²) in [5.41, 5.74) is 0. The fourth-order valence-electron chi connectivity index (χ4n) is 1.76. The van der Waals surface area contributed by atoms with Gasteiger partial charge in [0.05, 0.1) is 0 Å². The third kappa shape index (κ3) is 3.35. The predicted octanol–water partition coefficient (Wildman–Crippen LogP) is 2.17. The zero-order valence-corrected chi connectivity index (χ0v) is 7.84. The van der Waals surface area contributed by atoms with Gasteiger partial charge < -0.3 is 4.74 Å². The molecule has 0 saturated heterocycles. The Morgan fingerprint density at radius 2 is 2.42 bits per heavy atom. The quantitative estimate of drug-likeness (QED) is 0.591. The molecule has 1 saturated carbocycles. The summed E-state index contributed by atoms with van der Waals surface area (Å²) in [5, 5.41) is 0. The molecular weight excluding hydrogens is 152 g/mol. The van der Waals surface area contributed by atoms with Crippen LogP contribution in [0.2, 0.25) is 0 Å². The van der Waals surface area contributed by atoms with Gasteiger partial charge in [-0.25, -0.2) is 0 Å². The molecule has 1 aliphatic carbocycles. The largest absolute Gasteiger partial charge is 0.382 e. The Bertz CT molecular complexity index is 143. The number of carbonyl (C=O) groups excluding carboxylic acids is 1. The predicted molar refractivity (Wildman–Crippen MR) is 48.1 cm³/mol. The minimum Gasteiger partial charge on any atom is -0.382 e. The van der Waals surface area contributed by atoms with Gasteiger partial charge in [0.15, 0.2) is 0 Å². The number of hydrogen-bond acceptors (Lipinski definition) is 2. The van der Waals surface area contributed by atoms with E-state index < -0.39 is 0 Å². The standard InChI is InChI=1S/C10H18O2/c1-2-12-7-3-4-9-5-6-10(11)8-9/h9H,2-8H2,1H3. The van der Waals surface area contributed by atoms with Crippen molar-refractivity contribution in [2.24, 2.45) is 5.92 Å². The van der Waals surface area contributed by atoms with Crippen LogP contribution in [0, 0.1) is 5.92 Å². The molecule has 2 heteroatoms. The second-order valence-electron chi connectivity index (χ2n) is 3.49. The van der Waals surface area contributed by atoms with E-state index in [4.69, 9.17) is 4.74 Å². The van der Waals surface area contributed by atoms with Crippen LogP contribution in [0.4, 0.5) is 0 Å². The minimum absolute atomic E-state index is 0.455. The molecule has 0 aliphatic heterocycles. The van der Waals surface area contributed by atoms with Crippen molar-refractivity contribution < 1.29 is 9.53 Å². The first-order chi connectivity index (χ1) is 5.83. The highest BCUT2D eigenvalue weighted by atomic mass is 16.5. The van der Waals surface area contributed by atoms with E-state index in [0.29, 0.717) is 11.7 Å². The van der Waals surface area contributed by atoms with Gasteiger partial charge in [0.2, 0.25) is 0 Å². The fourth-order valence-corrected chi connectivity index (χ4v) is 1.76. The van der Waals surface area contributed by atoms with Crippen molar-refractivity contribution in [3.63, 3.8) is 0 Å². The molecule has 1 unspecified atom stereocenters. The topological polar surface area (TPSA) is 26.3 Å². The maximum Gasteiger partial charge on any atom is 0.133 e. The van der Waals surface area contributed by atoms with Gasteiger partial charge in [-0.15, -0.1) is 0 Å². The lowest BCUT2D eigenvalue weighted by Gasteiger charge is -2.06. The maximum absolute atomic E-state index is 10.9. The maximum atomic E-state index is 10.9. The van der Waals surface area contributed by atoms with Crippen molar-refractivity contribution >= 4 is 5.78 Å². The minimum atomic E-state index is 0.455. The van der Waals surface area contributed by atoms with Crippen LogP contribution < -0.4 is 0 Å². The first-order valence-electron chi connectivity index (χ1n) is 4.92. The number of rotatable bonds is 5. The number of Topliss-reactive ketones (excluding diaryl/α,β-unsaturated/α-hetero) is 1. The molecule has 12 heavy (non-hydrogen) atoms. The summed E-state index contributed by atoms with van der Waals surface area (Å²) in [6.07, 6.45) is 5.05.